The number of carbonyl (C=O) groups excluding carboxylic acids is 1. The van der Waals surface area contributed by atoms with E-state index < -0.39 is 17.6 Å². The first-order valence-corrected chi connectivity index (χ1v) is 10.5. The number of carbonyl (C=O) groups is 1. The monoisotopic (exact) mass is 472 g/mol. The van der Waals surface area contributed by atoms with Crippen molar-refractivity contribution in [1.29, 1.82) is 0 Å². The second-order valence-corrected chi connectivity index (χ2v) is 8.19. The number of nitrogens with one attached hydrogen (secondary N) is 1. The van der Waals surface area contributed by atoms with E-state index in [0.29, 0.717) is 54.9 Å². The molecule has 1 unspecified atom stereocenters. The van der Waals surface area contributed by atoms with Crippen molar-refractivity contribution in [2.75, 3.05) is 13.3 Å². The van der Waals surface area contributed by atoms with E-state index in [-0.39, 0.29) is 30.9 Å². The van der Waals surface area contributed by atoms with Crippen LogP contribution >= 0.6 is 11.6 Å². The molecule has 2 aromatic carbocycles. The fraction of sp³-hybridized carbons (Fsp3) is 0.409. The van der Waals surface area contributed by atoms with Crippen LogP contribution in [0.25, 0.3) is 0 Å². The predicted octanol–water partition coefficient (Wildman–Crippen LogP) is 4.90. The van der Waals surface area contributed by atoms with E-state index in [4.69, 9.17) is 21.1 Å². The van der Waals surface area contributed by atoms with Crippen LogP contribution in [-0.2, 0) is 24.1 Å². The summed E-state index contributed by atoms with van der Waals surface area (Å²) in [6.45, 7) is 0.983. The molecule has 1 atom stereocenters. The molecule has 2 aliphatic rings. The number of nitrogens with zero attached hydrogens (tertiary/aromatic N) is 1. The topological polar surface area (TPSA) is 50.8 Å². The standard InChI is InChI=1S/C22H21ClF4N2O3/c23-17-9-20-19(31-12-32-20)8-13(17)10-28-6-5-16-2-4-21(30)29(16)11-14-7-15(22(25,26)27)1-3-18(14)24/h1,3,7-9,16,28H,2,4-6,10-12H2. The molecule has 1 N–H and O–H groups in total. The summed E-state index contributed by atoms with van der Waals surface area (Å²) in [7, 11) is 0. The molecular formula is C22H21ClF4N2O3. The third kappa shape index (κ3) is 4.94. The van der Waals surface area contributed by atoms with E-state index in [1.165, 1.54) is 4.90 Å². The second-order valence-electron chi connectivity index (χ2n) is 7.78. The highest BCUT2D eigenvalue weighted by Crippen LogP contribution is 2.37. The van der Waals surface area contributed by atoms with Crippen LogP contribution in [0.1, 0.15) is 36.0 Å². The normalized spacial score (nSPS) is 18.0. The Morgan fingerprint density at radius 3 is 2.62 bits per heavy atom. The van der Waals surface area contributed by atoms with Crippen molar-refractivity contribution in [3.63, 3.8) is 0 Å². The Bertz CT molecular complexity index is 1020. The summed E-state index contributed by atoms with van der Waals surface area (Å²) in [5.41, 5.74) is -0.235. The van der Waals surface area contributed by atoms with Crippen molar-refractivity contribution >= 4 is 17.5 Å². The van der Waals surface area contributed by atoms with Gasteiger partial charge in [-0.15, -0.1) is 0 Å². The molecule has 5 nitrogen and oxygen atoms in total. The number of alkyl halides is 3. The molecule has 1 saturated heterocycles. The first kappa shape index (κ1) is 22.7. The lowest BCUT2D eigenvalue weighted by molar-refractivity contribution is -0.137. The molecular weight excluding hydrogens is 452 g/mol. The third-order valence-electron chi connectivity index (χ3n) is 5.68. The van der Waals surface area contributed by atoms with Gasteiger partial charge in [-0.25, -0.2) is 4.39 Å². The van der Waals surface area contributed by atoms with E-state index in [1.54, 1.807) is 12.1 Å². The van der Waals surface area contributed by atoms with Crippen molar-refractivity contribution in [3.05, 3.63) is 57.9 Å². The average molecular weight is 473 g/mol. The minimum absolute atomic E-state index is 0.139. The Hall–Kier alpha value is -2.52. The number of rotatable bonds is 7. The Labute approximate surface area is 187 Å². The second kappa shape index (κ2) is 9.15. The van der Waals surface area contributed by atoms with Crippen molar-refractivity contribution in [2.24, 2.45) is 0 Å². The van der Waals surface area contributed by atoms with Gasteiger partial charge in [0.25, 0.3) is 0 Å². The van der Waals surface area contributed by atoms with E-state index >= 15 is 0 Å². The van der Waals surface area contributed by atoms with Gasteiger partial charge in [-0.1, -0.05) is 11.6 Å². The molecule has 1 amide bonds. The van der Waals surface area contributed by atoms with E-state index in [2.05, 4.69) is 5.32 Å². The Morgan fingerprint density at radius 2 is 1.88 bits per heavy atom. The third-order valence-corrected chi connectivity index (χ3v) is 6.03. The molecule has 4 rings (SSSR count). The smallest absolute Gasteiger partial charge is 0.416 e. The number of benzene rings is 2. The van der Waals surface area contributed by atoms with Crippen molar-refractivity contribution in [1.82, 2.24) is 10.2 Å². The molecule has 172 valence electrons. The van der Waals surface area contributed by atoms with Crippen molar-refractivity contribution in [3.8, 4) is 11.5 Å². The lowest BCUT2D eigenvalue weighted by Crippen LogP contribution is -2.35. The summed E-state index contributed by atoms with van der Waals surface area (Å²) in [4.78, 5) is 13.8. The summed E-state index contributed by atoms with van der Waals surface area (Å²) < 4.78 is 63.7. The van der Waals surface area contributed by atoms with Crippen LogP contribution in [0.15, 0.2) is 30.3 Å². The zero-order chi connectivity index (χ0) is 22.9. The summed E-state index contributed by atoms with van der Waals surface area (Å²) in [6, 6.07) is 5.59. The van der Waals surface area contributed by atoms with E-state index in [9.17, 15) is 22.4 Å². The highest BCUT2D eigenvalue weighted by Gasteiger charge is 2.34. The van der Waals surface area contributed by atoms with E-state index in [1.807, 2.05) is 0 Å². The zero-order valence-electron chi connectivity index (χ0n) is 17.0. The van der Waals surface area contributed by atoms with Crippen LogP contribution in [0.5, 0.6) is 11.5 Å². The maximum Gasteiger partial charge on any atom is 0.416 e. The van der Waals surface area contributed by atoms with Gasteiger partial charge in [0.2, 0.25) is 12.7 Å². The summed E-state index contributed by atoms with van der Waals surface area (Å²) in [6.07, 6.45) is -3.13. The van der Waals surface area contributed by atoms with Crippen molar-refractivity contribution in [2.45, 2.75) is 44.6 Å². The number of amides is 1. The lowest BCUT2D eigenvalue weighted by Gasteiger charge is -2.25. The molecule has 0 bridgehead atoms. The maximum absolute atomic E-state index is 14.1. The molecule has 0 saturated carbocycles. The van der Waals surface area contributed by atoms with Gasteiger partial charge in [0.15, 0.2) is 11.5 Å². The lowest BCUT2D eigenvalue weighted by atomic mass is 10.1. The molecule has 0 aromatic heterocycles. The highest BCUT2D eigenvalue weighted by molar-refractivity contribution is 6.31. The molecule has 1 fully saturated rings. The number of hydrogen-bond donors (Lipinski definition) is 1. The highest BCUT2D eigenvalue weighted by atomic mass is 35.5. The van der Waals surface area contributed by atoms with Crippen LogP contribution in [0.3, 0.4) is 0 Å². The van der Waals surface area contributed by atoms with Gasteiger partial charge in [-0.3, -0.25) is 4.79 Å². The SMILES string of the molecule is O=C1CCC(CCNCc2cc3c(cc2Cl)OCO3)N1Cc1cc(C(F)(F)F)ccc1F. The van der Waals surface area contributed by atoms with E-state index in [0.717, 1.165) is 17.7 Å². The molecule has 32 heavy (non-hydrogen) atoms. The largest absolute Gasteiger partial charge is 0.454 e. The Balaban J connectivity index is 1.35. The maximum atomic E-state index is 14.1. The van der Waals surface area contributed by atoms with Crippen molar-refractivity contribution < 1.29 is 31.8 Å². The molecule has 10 heteroatoms. The quantitative estimate of drug-likeness (QED) is 0.460. The fourth-order valence-electron chi connectivity index (χ4n) is 3.95. The van der Waals surface area contributed by atoms with Gasteiger partial charge in [0.05, 0.1) is 5.56 Å². The number of likely N-dealkylation sites (tertiary alicyclic amines) is 1. The zero-order valence-corrected chi connectivity index (χ0v) is 17.7. The molecule has 2 aromatic rings. The molecule has 0 aliphatic carbocycles. The fourth-order valence-corrected chi connectivity index (χ4v) is 4.17. The summed E-state index contributed by atoms with van der Waals surface area (Å²) >= 11 is 6.26. The number of halogens is 5. The van der Waals surface area contributed by atoms with Gasteiger partial charge < -0.3 is 19.7 Å². The van der Waals surface area contributed by atoms with Gasteiger partial charge in [-0.05, 0) is 49.2 Å². The van der Waals surface area contributed by atoms with Gasteiger partial charge in [-0.2, -0.15) is 13.2 Å². The number of hydrogen-bond acceptors (Lipinski definition) is 4. The molecule has 0 radical (unpaired) electrons. The molecule has 0 spiro atoms. The minimum Gasteiger partial charge on any atom is -0.454 e. The Kier molecular flexibility index (Phi) is 6.48. The van der Waals surface area contributed by atoms with Gasteiger partial charge in [0.1, 0.15) is 5.82 Å². The van der Waals surface area contributed by atoms with Crippen LogP contribution in [0, 0.1) is 5.82 Å². The number of fused-ring (bicyclic) bond motifs is 1. The van der Waals surface area contributed by atoms with Gasteiger partial charge in [0, 0.05) is 42.2 Å². The minimum atomic E-state index is -4.57. The summed E-state index contributed by atoms with van der Waals surface area (Å²) in [5.74, 6) is 0.278. The summed E-state index contributed by atoms with van der Waals surface area (Å²) in [5, 5.41) is 3.80. The van der Waals surface area contributed by atoms with Gasteiger partial charge >= 0.3 is 6.18 Å². The first-order valence-electron chi connectivity index (χ1n) is 10.2. The van der Waals surface area contributed by atoms with Crippen LogP contribution < -0.4 is 14.8 Å². The Morgan fingerprint density at radius 1 is 1.12 bits per heavy atom. The van der Waals surface area contributed by atoms with Crippen LogP contribution in [0.2, 0.25) is 5.02 Å². The number of ether oxygens (including phenoxy) is 2. The van der Waals surface area contributed by atoms with Crippen LogP contribution in [0.4, 0.5) is 17.6 Å². The van der Waals surface area contributed by atoms with Crippen LogP contribution in [-0.4, -0.2) is 30.2 Å². The average Bonchev–Trinajstić information content (AvgIpc) is 3.32. The molecule has 2 aliphatic heterocycles. The molecule has 2 heterocycles. The first-order chi connectivity index (χ1) is 15.2. The predicted molar refractivity (Wildman–Crippen MR) is 109 cm³/mol.